The summed E-state index contributed by atoms with van der Waals surface area (Å²) in [4.78, 5) is 12.8. The van der Waals surface area contributed by atoms with Gasteiger partial charge in [-0.2, -0.15) is 4.98 Å². The third kappa shape index (κ3) is 3.09. The van der Waals surface area contributed by atoms with Gasteiger partial charge in [0.15, 0.2) is 11.2 Å². The highest BCUT2D eigenvalue weighted by molar-refractivity contribution is 7.84. The number of hydrogen-bond acceptors (Lipinski definition) is 5. The lowest BCUT2D eigenvalue weighted by Crippen LogP contribution is -2.12. The van der Waals surface area contributed by atoms with Crippen molar-refractivity contribution in [3.63, 3.8) is 0 Å². The molecule has 2 aromatic heterocycles. The van der Waals surface area contributed by atoms with E-state index in [1.165, 1.54) is 6.33 Å². The zero-order valence-electron chi connectivity index (χ0n) is 11.5. The SMILES string of the molecule is CCS(=O)CCn1c(CCCl)nc2c(OC)ncnc21. The molecule has 8 heteroatoms. The Hall–Kier alpha value is -1.21. The minimum Gasteiger partial charge on any atom is -0.479 e. The van der Waals surface area contributed by atoms with E-state index in [1.807, 2.05) is 11.5 Å². The number of rotatable bonds is 7. The molecule has 6 nitrogen and oxygen atoms in total. The Morgan fingerprint density at radius 2 is 2.25 bits per heavy atom. The molecule has 0 N–H and O–H groups in total. The first-order valence-electron chi connectivity index (χ1n) is 6.36. The number of imidazole rings is 1. The molecule has 0 bridgehead atoms. The molecule has 1 unspecified atom stereocenters. The number of aromatic nitrogens is 4. The van der Waals surface area contributed by atoms with Crippen LogP contribution in [0.2, 0.25) is 0 Å². The van der Waals surface area contributed by atoms with Gasteiger partial charge in [-0.1, -0.05) is 6.92 Å². The molecule has 0 aliphatic heterocycles. The largest absolute Gasteiger partial charge is 0.479 e. The number of aryl methyl sites for hydroxylation is 2. The van der Waals surface area contributed by atoms with Crippen molar-refractivity contribution in [1.29, 1.82) is 0 Å². The van der Waals surface area contributed by atoms with Crippen LogP contribution in [-0.2, 0) is 23.8 Å². The monoisotopic (exact) mass is 316 g/mol. The first-order chi connectivity index (χ1) is 9.71. The van der Waals surface area contributed by atoms with Crippen LogP contribution >= 0.6 is 11.6 Å². The van der Waals surface area contributed by atoms with E-state index in [1.54, 1.807) is 7.11 Å². The molecular formula is C12H17ClN4O2S. The fourth-order valence-electron chi connectivity index (χ4n) is 1.96. The minimum atomic E-state index is -0.830. The molecule has 110 valence electrons. The lowest BCUT2D eigenvalue weighted by Gasteiger charge is -2.07. The van der Waals surface area contributed by atoms with Crippen LogP contribution in [0.4, 0.5) is 0 Å². The van der Waals surface area contributed by atoms with Crippen LogP contribution in [0.25, 0.3) is 11.2 Å². The Bertz CT molecular complexity index is 617. The highest BCUT2D eigenvalue weighted by atomic mass is 35.5. The molecule has 0 radical (unpaired) electrons. The second-order valence-corrected chi connectivity index (χ2v) is 6.35. The van der Waals surface area contributed by atoms with Crippen molar-refractivity contribution in [3.05, 3.63) is 12.2 Å². The third-order valence-corrected chi connectivity index (χ3v) is 4.42. The van der Waals surface area contributed by atoms with Gasteiger partial charge >= 0.3 is 0 Å². The number of halogens is 1. The quantitative estimate of drug-likeness (QED) is 0.722. The Kier molecular flexibility index (Phi) is 5.31. The molecule has 0 spiro atoms. The first kappa shape index (κ1) is 15.2. The topological polar surface area (TPSA) is 69.9 Å². The van der Waals surface area contributed by atoms with Crippen molar-refractivity contribution in [3.8, 4) is 5.88 Å². The fourth-order valence-corrected chi connectivity index (χ4v) is 2.80. The Morgan fingerprint density at radius 3 is 2.90 bits per heavy atom. The maximum Gasteiger partial charge on any atom is 0.245 e. The van der Waals surface area contributed by atoms with Crippen LogP contribution in [-0.4, -0.2) is 48.2 Å². The summed E-state index contributed by atoms with van der Waals surface area (Å²) in [5.41, 5.74) is 1.32. The van der Waals surface area contributed by atoms with Gasteiger partial charge in [0, 0.05) is 41.2 Å². The molecule has 0 aliphatic carbocycles. The summed E-state index contributed by atoms with van der Waals surface area (Å²) >= 11 is 5.82. The lowest BCUT2D eigenvalue weighted by molar-refractivity contribution is 0.401. The van der Waals surface area contributed by atoms with Crippen molar-refractivity contribution in [1.82, 2.24) is 19.5 Å². The second-order valence-electron chi connectivity index (χ2n) is 4.11. The van der Waals surface area contributed by atoms with Gasteiger partial charge in [-0.25, -0.2) is 9.97 Å². The zero-order chi connectivity index (χ0) is 14.5. The van der Waals surface area contributed by atoms with E-state index < -0.39 is 10.8 Å². The van der Waals surface area contributed by atoms with Crippen LogP contribution < -0.4 is 4.74 Å². The fraction of sp³-hybridized carbons (Fsp3) is 0.583. The van der Waals surface area contributed by atoms with E-state index in [4.69, 9.17) is 16.3 Å². The van der Waals surface area contributed by atoms with Crippen LogP contribution in [0.15, 0.2) is 6.33 Å². The van der Waals surface area contributed by atoms with Crippen molar-refractivity contribution >= 4 is 33.6 Å². The molecule has 0 aliphatic rings. The van der Waals surface area contributed by atoms with Crippen LogP contribution in [0, 0.1) is 0 Å². The zero-order valence-corrected chi connectivity index (χ0v) is 13.1. The van der Waals surface area contributed by atoms with Gasteiger partial charge in [0.25, 0.3) is 0 Å². The standard InChI is InChI=1S/C12H17ClN4O2S/c1-3-20(18)7-6-17-9(4-5-13)16-10-11(17)14-8-15-12(10)19-2/h8H,3-7H2,1-2H3. The van der Waals surface area contributed by atoms with Crippen molar-refractivity contribution < 1.29 is 8.95 Å². The molecule has 2 aromatic rings. The summed E-state index contributed by atoms with van der Waals surface area (Å²) in [7, 11) is 0.720. The van der Waals surface area contributed by atoms with Crippen molar-refractivity contribution in [2.45, 2.75) is 19.9 Å². The van der Waals surface area contributed by atoms with E-state index in [0.717, 1.165) is 5.82 Å². The van der Waals surface area contributed by atoms with E-state index >= 15 is 0 Å². The number of nitrogens with zero attached hydrogens (tertiary/aromatic N) is 4. The molecule has 2 rings (SSSR count). The first-order valence-corrected chi connectivity index (χ1v) is 8.38. The maximum atomic E-state index is 11.6. The number of hydrogen-bond donors (Lipinski definition) is 0. The van der Waals surface area contributed by atoms with Crippen LogP contribution in [0.5, 0.6) is 5.88 Å². The molecule has 2 heterocycles. The Balaban J connectivity index is 2.43. The molecule has 20 heavy (non-hydrogen) atoms. The van der Waals surface area contributed by atoms with Crippen LogP contribution in [0.3, 0.4) is 0 Å². The number of ether oxygens (including phenoxy) is 1. The van der Waals surface area contributed by atoms with Gasteiger partial charge in [-0.3, -0.25) is 4.21 Å². The summed E-state index contributed by atoms with van der Waals surface area (Å²) < 4.78 is 18.8. The Morgan fingerprint density at radius 1 is 1.45 bits per heavy atom. The van der Waals surface area contributed by atoms with Gasteiger partial charge in [0.2, 0.25) is 5.88 Å². The van der Waals surface area contributed by atoms with E-state index in [0.29, 0.717) is 47.4 Å². The number of fused-ring (bicyclic) bond motifs is 1. The van der Waals surface area contributed by atoms with Crippen molar-refractivity contribution in [2.75, 3.05) is 24.5 Å². The maximum absolute atomic E-state index is 11.6. The molecule has 0 amide bonds. The summed E-state index contributed by atoms with van der Waals surface area (Å²) in [6, 6.07) is 0. The third-order valence-electron chi connectivity index (χ3n) is 2.95. The van der Waals surface area contributed by atoms with E-state index in [9.17, 15) is 4.21 Å². The summed E-state index contributed by atoms with van der Waals surface area (Å²) in [6.45, 7) is 2.51. The summed E-state index contributed by atoms with van der Waals surface area (Å²) in [5.74, 6) is 2.96. The summed E-state index contributed by atoms with van der Waals surface area (Å²) in [6.07, 6.45) is 2.07. The average Bonchev–Trinajstić information content (AvgIpc) is 2.82. The smallest absolute Gasteiger partial charge is 0.245 e. The normalized spacial score (nSPS) is 12.8. The highest BCUT2D eigenvalue weighted by Crippen LogP contribution is 2.22. The van der Waals surface area contributed by atoms with Gasteiger partial charge in [-0.05, 0) is 0 Å². The number of methoxy groups -OCH3 is 1. The number of alkyl halides is 1. The molecule has 0 aromatic carbocycles. The predicted octanol–water partition coefficient (Wildman–Crippen LogP) is 1.38. The summed E-state index contributed by atoms with van der Waals surface area (Å²) in [5, 5.41) is 0. The van der Waals surface area contributed by atoms with Gasteiger partial charge in [0.1, 0.15) is 12.2 Å². The van der Waals surface area contributed by atoms with Gasteiger partial charge < -0.3 is 9.30 Å². The van der Waals surface area contributed by atoms with Gasteiger partial charge in [0.05, 0.1) is 7.11 Å². The molecule has 0 saturated heterocycles. The van der Waals surface area contributed by atoms with Gasteiger partial charge in [-0.15, -0.1) is 11.6 Å². The Labute approximate surface area is 125 Å². The van der Waals surface area contributed by atoms with Crippen molar-refractivity contribution in [2.24, 2.45) is 0 Å². The predicted molar refractivity (Wildman–Crippen MR) is 79.8 cm³/mol. The second kappa shape index (κ2) is 6.99. The average molecular weight is 317 g/mol. The molecule has 0 saturated carbocycles. The highest BCUT2D eigenvalue weighted by Gasteiger charge is 2.16. The van der Waals surface area contributed by atoms with E-state index in [-0.39, 0.29) is 0 Å². The lowest BCUT2D eigenvalue weighted by atomic mass is 10.4. The molecule has 1 atom stereocenters. The van der Waals surface area contributed by atoms with E-state index in [2.05, 4.69) is 15.0 Å². The molecular weight excluding hydrogens is 300 g/mol. The molecule has 0 fully saturated rings. The minimum absolute atomic E-state index is 0.446. The van der Waals surface area contributed by atoms with Crippen LogP contribution in [0.1, 0.15) is 12.7 Å².